The number of anilines is 2. The molecule has 2 rings (SSSR count). The van der Waals surface area contributed by atoms with Crippen LogP contribution in [0.15, 0.2) is 36.4 Å². The van der Waals surface area contributed by atoms with Crippen molar-refractivity contribution in [3.63, 3.8) is 0 Å². The number of halogens is 1. The molecule has 150 valence electrons. The quantitative estimate of drug-likeness (QED) is 0.657. The summed E-state index contributed by atoms with van der Waals surface area (Å²) in [4.78, 5) is 24.5. The molecule has 0 fully saturated rings. The Balaban J connectivity index is 2.35. The van der Waals surface area contributed by atoms with E-state index in [4.69, 9.17) is 9.47 Å². The molecule has 0 heterocycles. The molecule has 0 aliphatic rings. The van der Waals surface area contributed by atoms with Gasteiger partial charge < -0.3 is 20.1 Å². The average Bonchev–Trinajstić information content (AvgIpc) is 2.66. The summed E-state index contributed by atoms with van der Waals surface area (Å²) in [7, 11) is 0. The summed E-state index contributed by atoms with van der Waals surface area (Å²) in [6.07, 6.45) is 1.11. The van der Waals surface area contributed by atoms with Gasteiger partial charge >= 0.3 is 0 Å². The van der Waals surface area contributed by atoms with Crippen molar-refractivity contribution in [2.75, 3.05) is 23.8 Å². The van der Waals surface area contributed by atoms with Crippen LogP contribution in [0.4, 0.5) is 15.8 Å². The predicted octanol–water partition coefficient (Wildman–Crippen LogP) is 4.61. The molecular formula is C21H25FN2O4. The van der Waals surface area contributed by atoms with Gasteiger partial charge in [-0.3, -0.25) is 9.59 Å². The van der Waals surface area contributed by atoms with Gasteiger partial charge in [-0.1, -0.05) is 6.92 Å². The van der Waals surface area contributed by atoms with E-state index in [0.29, 0.717) is 48.1 Å². The van der Waals surface area contributed by atoms with Gasteiger partial charge in [-0.25, -0.2) is 4.39 Å². The van der Waals surface area contributed by atoms with Gasteiger partial charge in [0.05, 0.1) is 24.6 Å². The molecule has 7 heteroatoms. The summed E-state index contributed by atoms with van der Waals surface area (Å²) in [5, 5.41) is 5.57. The Bertz CT molecular complexity index is 822. The lowest BCUT2D eigenvalue weighted by Gasteiger charge is -2.18. The Hall–Kier alpha value is -3.09. The first-order valence-electron chi connectivity index (χ1n) is 9.28. The molecule has 2 aromatic carbocycles. The molecule has 0 unspecified atom stereocenters. The van der Waals surface area contributed by atoms with Crippen molar-refractivity contribution in [1.29, 1.82) is 0 Å². The van der Waals surface area contributed by atoms with Crippen LogP contribution >= 0.6 is 0 Å². The number of ether oxygens (including phenoxy) is 2. The SMILES string of the molecule is CCCC(=O)Nc1cc(OCC)c(NC(=O)c2ccc(F)cc2)cc1OCC. The number of hydrogen-bond acceptors (Lipinski definition) is 4. The first-order valence-corrected chi connectivity index (χ1v) is 9.28. The molecule has 28 heavy (non-hydrogen) atoms. The second-order valence-electron chi connectivity index (χ2n) is 5.97. The third-order valence-electron chi connectivity index (χ3n) is 3.79. The van der Waals surface area contributed by atoms with E-state index in [2.05, 4.69) is 10.6 Å². The van der Waals surface area contributed by atoms with Crippen molar-refractivity contribution in [1.82, 2.24) is 0 Å². The molecule has 0 atom stereocenters. The topological polar surface area (TPSA) is 76.7 Å². The second-order valence-corrected chi connectivity index (χ2v) is 5.97. The number of carbonyl (C=O) groups excluding carboxylic acids is 2. The summed E-state index contributed by atoms with van der Waals surface area (Å²) >= 11 is 0. The van der Waals surface area contributed by atoms with E-state index in [1.54, 1.807) is 12.1 Å². The highest BCUT2D eigenvalue weighted by molar-refractivity contribution is 6.05. The zero-order valence-electron chi connectivity index (χ0n) is 16.3. The third kappa shape index (κ3) is 5.70. The van der Waals surface area contributed by atoms with E-state index in [-0.39, 0.29) is 5.91 Å². The van der Waals surface area contributed by atoms with Crippen LogP contribution in [0.3, 0.4) is 0 Å². The van der Waals surface area contributed by atoms with Crippen LogP contribution in [0.2, 0.25) is 0 Å². The monoisotopic (exact) mass is 388 g/mol. The Labute approximate surface area is 164 Å². The third-order valence-corrected chi connectivity index (χ3v) is 3.79. The number of amides is 2. The summed E-state index contributed by atoms with van der Waals surface area (Å²) < 4.78 is 24.3. The maximum absolute atomic E-state index is 13.1. The predicted molar refractivity (Wildman–Crippen MR) is 107 cm³/mol. The first kappa shape index (κ1) is 21.2. The fourth-order valence-corrected chi connectivity index (χ4v) is 2.54. The Morgan fingerprint density at radius 3 is 1.93 bits per heavy atom. The summed E-state index contributed by atoms with van der Waals surface area (Å²) in [6.45, 7) is 6.32. The first-order chi connectivity index (χ1) is 13.5. The van der Waals surface area contributed by atoms with Gasteiger partial charge in [-0.05, 0) is 44.5 Å². The minimum atomic E-state index is -0.419. The maximum atomic E-state index is 13.1. The Kier molecular flexibility index (Phi) is 7.80. The van der Waals surface area contributed by atoms with E-state index >= 15 is 0 Å². The van der Waals surface area contributed by atoms with Crippen LogP contribution in [-0.2, 0) is 4.79 Å². The molecular weight excluding hydrogens is 363 g/mol. The summed E-state index contributed by atoms with van der Waals surface area (Å²) in [6, 6.07) is 8.47. The van der Waals surface area contributed by atoms with Crippen molar-refractivity contribution >= 4 is 23.2 Å². The van der Waals surface area contributed by atoms with E-state index < -0.39 is 11.7 Å². The molecule has 0 radical (unpaired) electrons. The minimum absolute atomic E-state index is 0.131. The number of benzene rings is 2. The van der Waals surface area contributed by atoms with E-state index in [9.17, 15) is 14.0 Å². The molecule has 0 aliphatic carbocycles. The van der Waals surface area contributed by atoms with Crippen LogP contribution in [-0.4, -0.2) is 25.0 Å². The molecule has 0 saturated heterocycles. The molecule has 2 aromatic rings. The van der Waals surface area contributed by atoms with E-state index in [0.717, 1.165) is 6.42 Å². The summed E-state index contributed by atoms with van der Waals surface area (Å²) in [5.74, 6) is -0.143. The lowest BCUT2D eigenvalue weighted by Crippen LogP contribution is -2.15. The van der Waals surface area contributed by atoms with Crippen molar-refractivity contribution in [3.05, 3.63) is 47.8 Å². The maximum Gasteiger partial charge on any atom is 0.255 e. The fraction of sp³-hybridized carbons (Fsp3) is 0.333. The Morgan fingerprint density at radius 2 is 1.43 bits per heavy atom. The zero-order valence-corrected chi connectivity index (χ0v) is 16.3. The van der Waals surface area contributed by atoms with E-state index in [1.165, 1.54) is 24.3 Å². The zero-order chi connectivity index (χ0) is 20.5. The van der Waals surface area contributed by atoms with Crippen LogP contribution < -0.4 is 20.1 Å². The number of nitrogens with one attached hydrogen (secondary N) is 2. The van der Waals surface area contributed by atoms with Gasteiger partial charge in [0.2, 0.25) is 5.91 Å². The molecule has 0 aliphatic heterocycles. The molecule has 0 bridgehead atoms. The number of hydrogen-bond donors (Lipinski definition) is 2. The molecule has 2 amide bonds. The van der Waals surface area contributed by atoms with Gasteiger partial charge in [0.15, 0.2) is 0 Å². The van der Waals surface area contributed by atoms with E-state index in [1.807, 2.05) is 20.8 Å². The normalized spacial score (nSPS) is 10.3. The highest BCUT2D eigenvalue weighted by Gasteiger charge is 2.16. The number of carbonyl (C=O) groups is 2. The van der Waals surface area contributed by atoms with Gasteiger partial charge in [0, 0.05) is 24.1 Å². The van der Waals surface area contributed by atoms with Gasteiger partial charge in [-0.2, -0.15) is 0 Å². The lowest BCUT2D eigenvalue weighted by molar-refractivity contribution is -0.116. The lowest BCUT2D eigenvalue weighted by atomic mass is 10.2. The van der Waals surface area contributed by atoms with Crippen LogP contribution in [0.25, 0.3) is 0 Å². The van der Waals surface area contributed by atoms with Crippen molar-refractivity contribution in [2.24, 2.45) is 0 Å². The van der Waals surface area contributed by atoms with Crippen molar-refractivity contribution in [3.8, 4) is 11.5 Å². The summed E-state index contributed by atoms with van der Waals surface area (Å²) in [5.41, 5.74) is 1.18. The van der Waals surface area contributed by atoms with Crippen molar-refractivity contribution < 1.29 is 23.5 Å². The molecule has 6 nitrogen and oxygen atoms in total. The fourth-order valence-electron chi connectivity index (χ4n) is 2.54. The van der Waals surface area contributed by atoms with Crippen LogP contribution in [0.5, 0.6) is 11.5 Å². The van der Waals surface area contributed by atoms with Gasteiger partial charge in [-0.15, -0.1) is 0 Å². The molecule has 0 aromatic heterocycles. The highest BCUT2D eigenvalue weighted by atomic mass is 19.1. The minimum Gasteiger partial charge on any atom is -0.492 e. The van der Waals surface area contributed by atoms with Crippen LogP contribution in [0, 0.1) is 5.82 Å². The molecule has 2 N–H and O–H groups in total. The largest absolute Gasteiger partial charge is 0.492 e. The average molecular weight is 388 g/mol. The standard InChI is InChI=1S/C21H25FN2O4/c1-4-7-20(25)23-16-12-19(28-6-3)17(13-18(16)27-5-2)24-21(26)14-8-10-15(22)11-9-14/h8-13H,4-7H2,1-3H3,(H,23,25)(H,24,26). The highest BCUT2D eigenvalue weighted by Crippen LogP contribution is 2.37. The van der Waals surface area contributed by atoms with Crippen molar-refractivity contribution in [2.45, 2.75) is 33.6 Å². The van der Waals surface area contributed by atoms with Gasteiger partial charge in [0.25, 0.3) is 5.91 Å². The Morgan fingerprint density at radius 1 is 0.893 bits per heavy atom. The second kappa shape index (κ2) is 10.3. The smallest absolute Gasteiger partial charge is 0.255 e. The number of rotatable bonds is 9. The molecule has 0 saturated carbocycles. The van der Waals surface area contributed by atoms with Crippen LogP contribution in [0.1, 0.15) is 44.0 Å². The molecule has 0 spiro atoms. The van der Waals surface area contributed by atoms with Gasteiger partial charge in [0.1, 0.15) is 17.3 Å².